The summed E-state index contributed by atoms with van der Waals surface area (Å²) in [6.07, 6.45) is 2.16. The second kappa shape index (κ2) is 16.0. The highest BCUT2D eigenvalue weighted by Crippen LogP contribution is 2.38. The van der Waals surface area contributed by atoms with Crippen molar-refractivity contribution in [3.05, 3.63) is 158 Å². The van der Waals surface area contributed by atoms with Crippen molar-refractivity contribution in [1.29, 1.82) is 0 Å². The molecule has 0 spiro atoms. The van der Waals surface area contributed by atoms with Crippen molar-refractivity contribution in [2.45, 2.75) is 25.6 Å². The molecule has 1 aliphatic heterocycles. The largest absolute Gasteiger partial charge is 0.373 e. The van der Waals surface area contributed by atoms with Crippen LogP contribution in [0.4, 0.5) is 9.18 Å². The molecule has 266 valence electrons. The van der Waals surface area contributed by atoms with Crippen LogP contribution in [0.1, 0.15) is 59.2 Å². The summed E-state index contributed by atoms with van der Waals surface area (Å²) in [6.45, 7) is 0.510. The van der Waals surface area contributed by atoms with Gasteiger partial charge in [-0.3, -0.25) is 29.3 Å². The fourth-order valence-electron chi connectivity index (χ4n) is 6.78. The fourth-order valence-corrected chi connectivity index (χ4v) is 8.39. The highest BCUT2D eigenvalue weighted by atomic mass is 32.2. The summed E-state index contributed by atoms with van der Waals surface area (Å²) in [6, 6.07) is 33.3. The predicted molar refractivity (Wildman–Crippen MR) is 203 cm³/mol. The van der Waals surface area contributed by atoms with Crippen molar-refractivity contribution in [3.63, 3.8) is 0 Å². The van der Waals surface area contributed by atoms with Gasteiger partial charge in [0.05, 0.1) is 22.5 Å². The molecular weight excluding hydrogens is 712 g/mol. The number of thiophene rings is 1. The minimum atomic E-state index is -0.564. The molecule has 8 nitrogen and oxygen atoms in total. The molecule has 2 fully saturated rings. The quantitative estimate of drug-likeness (QED) is 0.0974. The average Bonchev–Trinajstić information content (AvgIpc) is 3.91. The number of Topliss-reactive ketones (excluding diaryl/α,β-unsaturated/α-hetero) is 1. The summed E-state index contributed by atoms with van der Waals surface area (Å²) in [5.74, 6) is -2.75. The Labute approximate surface area is 313 Å². The molecule has 1 saturated heterocycles. The van der Waals surface area contributed by atoms with Crippen LogP contribution in [0.25, 0.3) is 17.2 Å². The molecule has 1 unspecified atom stereocenters. The Morgan fingerprint density at radius 1 is 0.830 bits per heavy atom. The van der Waals surface area contributed by atoms with E-state index in [-0.39, 0.29) is 57.6 Å². The molecule has 2 aliphatic rings. The lowest BCUT2D eigenvalue weighted by atomic mass is 9.85. The number of ketones is 2. The van der Waals surface area contributed by atoms with Gasteiger partial charge in [0.25, 0.3) is 17.1 Å². The summed E-state index contributed by atoms with van der Waals surface area (Å²) in [5, 5.41) is 4.77. The number of benzene rings is 4. The zero-order valence-electron chi connectivity index (χ0n) is 28.3. The lowest BCUT2D eigenvalue weighted by Crippen LogP contribution is -2.33. The van der Waals surface area contributed by atoms with Crippen LogP contribution in [0.2, 0.25) is 0 Å². The second-order valence-corrected chi connectivity index (χ2v) is 14.9. The average molecular weight is 745 g/mol. The smallest absolute Gasteiger partial charge is 0.290 e. The molecule has 0 radical (unpaired) electrons. The number of amides is 3. The van der Waals surface area contributed by atoms with Crippen LogP contribution in [0.5, 0.6) is 0 Å². The summed E-state index contributed by atoms with van der Waals surface area (Å²) in [5.41, 5.74) is 3.90. The highest BCUT2D eigenvalue weighted by molar-refractivity contribution is 8.18. The van der Waals surface area contributed by atoms with Crippen molar-refractivity contribution >= 4 is 57.8 Å². The van der Waals surface area contributed by atoms with Crippen molar-refractivity contribution in [2.24, 2.45) is 11.8 Å². The van der Waals surface area contributed by atoms with Crippen LogP contribution in [-0.2, 0) is 16.1 Å². The number of nitrogens with one attached hydrogen (secondary N) is 2. The maximum atomic E-state index is 14.4. The summed E-state index contributed by atoms with van der Waals surface area (Å²) < 4.78 is 20.1. The van der Waals surface area contributed by atoms with Gasteiger partial charge in [-0.2, -0.15) is 0 Å². The minimum absolute atomic E-state index is 0.185. The van der Waals surface area contributed by atoms with E-state index in [9.17, 15) is 28.4 Å². The molecule has 5 aromatic rings. The van der Waals surface area contributed by atoms with E-state index in [0.29, 0.717) is 29.2 Å². The van der Waals surface area contributed by atoms with E-state index in [0.717, 1.165) is 28.5 Å². The van der Waals surface area contributed by atoms with Gasteiger partial charge in [-0.25, -0.2) is 4.39 Å². The molecule has 0 bridgehead atoms. The van der Waals surface area contributed by atoms with Gasteiger partial charge in [0.1, 0.15) is 5.82 Å². The van der Waals surface area contributed by atoms with Gasteiger partial charge in [0.15, 0.2) is 11.6 Å². The summed E-state index contributed by atoms with van der Waals surface area (Å²) >= 11 is 1.99. The Bertz CT molecular complexity index is 2230. The van der Waals surface area contributed by atoms with E-state index in [1.165, 1.54) is 35.6 Å². The molecule has 2 N–H and O–H groups in total. The number of imide groups is 1. The van der Waals surface area contributed by atoms with Crippen LogP contribution < -0.4 is 10.6 Å². The van der Waals surface area contributed by atoms with E-state index in [4.69, 9.17) is 4.74 Å². The molecule has 1 saturated carbocycles. The van der Waals surface area contributed by atoms with Crippen molar-refractivity contribution in [2.75, 3.05) is 6.54 Å². The van der Waals surface area contributed by atoms with Gasteiger partial charge in [-0.05, 0) is 89.7 Å². The molecule has 7 rings (SSSR count). The first-order chi connectivity index (χ1) is 25.7. The molecule has 11 heteroatoms. The predicted octanol–water partition coefficient (Wildman–Crippen LogP) is 8.33. The standard InChI is InChI=1S/C42H33FN2O6S2/c43-29-16-14-26(15-17-29)38(46)33-12-6-7-13-34(33)39(47)35-21-30(51-24-27-10-4-5-11-32(27)25-8-2-1-3-9-25)20-28(35)23-44-40(48)36-19-18-31(52-36)22-37-41(49)45-42(50)53-37/h1-19,22,28,30,35H,20-21,23-24H2,(H,44,48)(H,45,49,50)/b37-22-/t28-,30+,35?/m0/s1. The molecular formula is C42H33FN2O6S2. The number of thioether (sulfide) groups is 1. The van der Waals surface area contributed by atoms with Crippen molar-refractivity contribution in [1.82, 2.24) is 10.6 Å². The van der Waals surface area contributed by atoms with Gasteiger partial charge in [0, 0.05) is 34.0 Å². The minimum Gasteiger partial charge on any atom is -0.373 e. The number of rotatable bonds is 12. The van der Waals surface area contributed by atoms with E-state index in [1.807, 2.05) is 48.5 Å². The Kier molecular flexibility index (Phi) is 10.9. The molecule has 1 aliphatic carbocycles. The number of carbonyl (C=O) groups excluding carboxylic acids is 5. The number of hydrogen-bond acceptors (Lipinski definition) is 8. The van der Waals surface area contributed by atoms with Crippen LogP contribution >= 0.6 is 23.1 Å². The molecule has 1 aromatic heterocycles. The molecule has 3 amide bonds. The van der Waals surface area contributed by atoms with Gasteiger partial charge < -0.3 is 10.1 Å². The fraction of sp³-hybridized carbons (Fsp3) is 0.167. The van der Waals surface area contributed by atoms with Gasteiger partial charge >= 0.3 is 0 Å². The van der Waals surface area contributed by atoms with Crippen LogP contribution in [0.15, 0.2) is 120 Å². The first-order valence-electron chi connectivity index (χ1n) is 17.0. The van der Waals surface area contributed by atoms with E-state index in [1.54, 1.807) is 42.5 Å². The highest BCUT2D eigenvalue weighted by Gasteiger charge is 2.40. The zero-order valence-corrected chi connectivity index (χ0v) is 29.9. The van der Waals surface area contributed by atoms with Gasteiger partial charge in [0.2, 0.25) is 0 Å². The topological polar surface area (TPSA) is 119 Å². The Balaban J connectivity index is 1.10. The third-order valence-electron chi connectivity index (χ3n) is 9.40. The molecule has 3 atom stereocenters. The Morgan fingerprint density at radius 3 is 2.30 bits per heavy atom. The maximum absolute atomic E-state index is 14.4. The summed E-state index contributed by atoms with van der Waals surface area (Å²) in [7, 11) is 0. The molecule has 2 heterocycles. The first-order valence-corrected chi connectivity index (χ1v) is 18.7. The lowest BCUT2D eigenvalue weighted by molar-refractivity contribution is -0.115. The normalized spacial score (nSPS) is 19.0. The Morgan fingerprint density at radius 2 is 1.55 bits per heavy atom. The van der Waals surface area contributed by atoms with Crippen LogP contribution in [-0.4, -0.2) is 41.3 Å². The second-order valence-electron chi connectivity index (χ2n) is 12.8. The lowest BCUT2D eigenvalue weighted by Gasteiger charge is -2.20. The number of halogens is 1. The SMILES string of the molecule is O=C1NC(=O)/C(=C/c2ccc(C(=O)NC[C@@H]3C[C@@H](OCc4ccccc4-c4ccccc4)CC3C(=O)c3ccccc3C(=O)c3ccc(F)cc3)s2)S1. The monoisotopic (exact) mass is 744 g/mol. The van der Waals surface area contributed by atoms with E-state index >= 15 is 0 Å². The Hall–Kier alpha value is -5.49. The van der Waals surface area contributed by atoms with Gasteiger partial charge in [-0.1, -0.05) is 78.9 Å². The van der Waals surface area contributed by atoms with E-state index in [2.05, 4.69) is 16.7 Å². The van der Waals surface area contributed by atoms with E-state index < -0.39 is 22.9 Å². The molecule has 53 heavy (non-hydrogen) atoms. The van der Waals surface area contributed by atoms with Crippen molar-refractivity contribution < 1.29 is 33.1 Å². The number of hydrogen-bond donors (Lipinski definition) is 2. The number of ether oxygens (including phenoxy) is 1. The third kappa shape index (κ3) is 8.28. The molecule has 4 aromatic carbocycles. The first kappa shape index (κ1) is 35.9. The van der Waals surface area contributed by atoms with Crippen molar-refractivity contribution in [3.8, 4) is 11.1 Å². The van der Waals surface area contributed by atoms with Crippen LogP contribution in [0, 0.1) is 17.7 Å². The zero-order chi connectivity index (χ0) is 36.9. The summed E-state index contributed by atoms with van der Waals surface area (Å²) in [4.78, 5) is 66.2. The maximum Gasteiger partial charge on any atom is 0.290 e. The van der Waals surface area contributed by atoms with Crippen LogP contribution in [0.3, 0.4) is 0 Å². The number of carbonyl (C=O) groups is 5. The van der Waals surface area contributed by atoms with Gasteiger partial charge in [-0.15, -0.1) is 11.3 Å². The third-order valence-corrected chi connectivity index (χ3v) is 11.2.